The number of aromatic nitrogens is 5. The van der Waals surface area contributed by atoms with E-state index in [0.29, 0.717) is 37.7 Å². The van der Waals surface area contributed by atoms with Crippen molar-refractivity contribution in [3.8, 4) is 22.8 Å². The molecule has 1 fully saturated rings. The molecule has 3 aromatic heterocycles. The number of pyridine rings is 1. The molecule has 174 valence electrons. The van der Waals surface area contributed by atoms with Crippen molar-refractivity contribution in [3.05, 3.63) is 41.7 Å². The monoisotopic (exact) mass is 454 g/mol. The minimum absolute atomic E-state index is 0.0445. The standard InChI is InChI=1S/C23H27FN6O3/c1-28-12-15(3-4-21(28)31)13-29-14-16(10-26-29)22-18-5-7-33-8-6-20(18)30(27-22)17-9-19(24)23(32-2)25-11-17/h9-11,14-15H,3-8,12-13H2,1-2H3. The largest absolute Gasteiger partial charge is 0.479 e. The molecule has 0 spiro atoms. The maximum absolute atomic E-state index is 14.4. The summed E-state index contributed by atoms with van der Waals surface area (Å²) in [4.78, 5) is 17.6. The van der Waals surface area contributed by atoms with Crippen LogP contribution in [-0.2, 0) is 28.9 Å². The molecular formula is C23H27FN6O3. The van der Waals surface area contributed by atoms with Gasteiger partial charge in [-0.3, -0.25) is 9.48 Å². The molecule has 1 amide bonds. The van der Waals surface area contributed by atoms with E-state index in [1.54, 1.807) is 15.8 Å². The average Bonchev–Trinajstić information content (AvgIpc) is 3.33. The lowest BCUT2D eigenvalue weighted by molar-refractivity contribution is -0.133. The van der Waals surface area contributed by atoms with Crippen molar-refractivity contribution < 1.29 is 18.7 Å². The van der Waals surface area contributed by atoms with E-state index in [-0.39, 0.29) is 11.8 Å². The van der Waals surface area contributed by atoms with Gasteiger partial charge < -0.3 is 14.4 Å². The molecule has 0 aliphatic carbocycles. The Bertz CT molecular complexity index is 1170. The molecule has 2 aliphatic heterocycles. The summed E-state index contributed by atoms with van der Waals surface area (Å²) in [5, 5.41) is 9.43. The predicted octanol–water partition coefficient (Wildman–Crippen LogP) is 2.26. The van der Waals surface area contributed by atoms with E-state index in [4.69, 9.17) is 14.6 Å². The number of fused-ring (bicyclic) bond motifs is 1. The maximum atomic E-state index is 14.4. The van der Waals surface area contributed by atoms with Gasteiger partial charge in [0.05, 0.1) is 49.8 Å². The van der Waals surface area contributed by atoms with E-state index >= 15 is 0 Å². The van der Waals surface area contributed by atoms with E-state index in [2.05, 4.69) is 10.1 Å². The minimum Gasteiger partial charge on any atom is -0.479 e. The fraction of sp³-hybridized carbons (Fsp3) is 0.478. The van der Waals surface area contributed by atoms with Crippen molar-refractivity contribution in [2.75, 3.05) is 33.9 Å². The summed E-state index contributed by atoms with van der Waals surface area (Å²) in [7, 11) is 3.24. The van der Waals surface area contributed by atoms with Gasteiger partial charge in [0.1, 0.15) is 0 Å². The molecule has 9 nitrogen and oxygen atoms in total. The lowest BCUT2D eigenvalue weighted by Crippen LogP contribution is -2.38. The SMILES string of the molecule is COc1ncc(-n2nc(-c3cnn(CC4CCC(=O)N(C)C4)c3)c3c2CCOCC3)cc1F. The Morgan fingerprint density at radius 2 is 2.09 bits per heavy atom. The van der Waals surface area contributed by atoms with Crippen LogP contribution < -0.4 is 4.74 Å². The van der Waals surface area contributed by atoms with E-state index in [0.717, 1.165) is 48.4 Å². The van der Waals surface area contributed by atoms with Gasteiger partial charge >= 0.3 is 0 Å². The second-order valence-corrected chi connectivity index (χ2v) is 8.61. The third-order valence-corrected chi connectivity index (χ3v) is 6.38. The van der Waals surface area contributed by atoms with Crippen molar-refractivity contribution in [3.63, 3.8) is 0 Å². The number of halogens is 1. The molecule has 0 bridgehead atoms. The summed E-state index contributed by atoms with van der Waals surface area (Å²) in [6.07, 6.45) is 8.24. The molecule has 0 radical (unpaired) electrons. The first-order valence-electron chi connectivity index (χ1n) is 11.2. The number of hydrogen-bond acceptors (Lipinski definition) is 6. The van der Waals surface area contributed by atoms with Crippen molar-refractivity contribution in [1.29, 1.82) is 0 Å². The van der Waals surface area contributed by atoms with Crippen molar-refractivity contribution in [1.82, 2.24) is 29.4 Å². The summed E-state index contributed by atoms with van der Waals surface area (Å²) in [6.45, 7) is 2.68. The van der Waals surface area contributed by atoms with Gasteiger partial charge in [-0.15, -0.1) is 0 Å². The number of carbonyl (C=O) groups excluding carboxylic acids is 1. The number of methoxy groups -OCH3 is 1. The van der Waals surface area contributed by atoms with Crippen LogP contribution in [0.25, 0.3) is 16.9 Å². The number of likely N-dealkylation sites (tertiary alicyclic amines) is 1. The Balaban J connectivity index is 1.46. The molecule has 5 rings (SSSR count). The number of amides is 1. The number of ether oxygens (including phenoxy) is 2. The van der Waals surface area contributed by atoms with Gasteiger partial charge in [-0.1, -0.05) is 0 Å². The zero-order chi connectivity index (χ0) is 22.9. The first-order valence-corrected chi connectivity index (χ1v) is 11.2. The van der Waals surface area contributed by atoms with Crippen LogP contribution in [0.2, 0.25) is 0 Å². The Morgan fingerprint density at radius 1 is 1.24 bits per heavy atom. The molecule has 1 atom stereocenters. The number of carbonyl (C=O) groups is 1. The molecule has 1 unspecified atom stereocenters. The molecular weight excluding hydrogens is 427 g/mol. The topological polar surface area (TPSA) is 87.3 Å². The van der Waals surface area contributed by atoms with Crippen LogP contribution >= 0.6 is 0 Å². The van der Waals surface area contributed by atoms with Gasteiger partial charge in [0, 0.05) is 56.4 Å². The van der Waals surface area contributed by atoms with Crippen LogP contribution in [0.4, 0.5) is 4.39 Å². The molecule has 0 N–H and O–H groups in total. The molecule has 5 heterocycles. The first kappa shape index (κ1) is 21.6. The lowest BCUT2D eigenvalue weighted by atomic mass is 9.98. The lowest BCUT2D eigenvalue weighted by Gasteiger charge is -2.29. The highest BCUT2D eigenvalue weighted by Crippen LogP contribution is 2.31. The van der Waals surface area contributed by atoms with Crippen LogP contribution in [0.1, 0.15) is 24.1 Å². The van der Waals surface area contributed by atoms with Gasteiger partial charge in [-0.25, -0.2) is 14.1 Å². The zero-order valence-corrected chi connectivity index (χ0v) is 18.8. The van der Waals surface area contributed by atoms with E-state index in [9.17, 15) is 9.18 Å². The highest BCUT2D eigenvalue weighted by molar-refractivity contribution is 5.76. The molecule has 0 saturated carbocycles. The predicted molar refractivity (Wildman–Crippen MR) is 118 cm³/mol. The molecule has 0 aromatic carbocycles. The Hall–Kier alpha value is -3.27. The fourth-order valence-electron chi connectivity index (χ4n) is 4.67. The van der Waals surface area contributed by atoms with E-state index in [1.807, 2.05) is 24.1 Å². The maximum Gasteiger partial charge on any atom is 0.250 e. The van der Waals surface area contributed by atoms with Gasteiger partial charge in [-0.2, -0.15) is 10.2 Å². The molecule has 2 aliphatic rings. The second kappa shape index (κ2) is 8.93. The summed E-state index contributed by atoms with van der Waals surface area (Å²) in [5.41, 5.74) is 4.36. The second-order valence-electron chi connectivity index (χ2n) is 8.61. The van der Waals surface area contributed by atoms with E-state index < -0.39 is 5.82 Å². The summed E-state index contributed by atoms with van der Waals surface area (Å²) < 4.78 is 28.7. The normalized spacial score (nSPS) is 18.8. The molecule has 10 heteroatoms. The summed E-state index contributed by atoms with van der Waals surface area (Å²) in [5.74, 6) is -0.00417. The number of piperidine rings is 1. The van der Waals surface area contributed by atoms with E-state index in [1.165, 1.54) is 13.2 Å². The molecule has 1 saturated heterocycles. The first-order chi connectivity index (χ1) is 16.0. The van der Waals surface area contributed by atoms with Crippen LogP contribution in [-0.4, -0.2) is 69.3 Å². The molecule has 33 heavy (non-hydrogen) atoms. The van der Waals surface area contributed by atoms with Crippen molar-refractivity contribution in [2.24, 2.45) is 5.92 Å². The van der Waals surface area contributed by atoms with Crippen LogP contribution in [0.15, 0.2) is 24.7 Å². The smallest absolute Gasteiger partial charge is 0.250 e. The van der Waals surface area contributed by atoms with Crippen molar-refractivity contribution in [2.45, 2.75) is 32.2 Å². The van der Waals surface area contributed by atoms with Gasteiger partial charge in [0.15, 0.2) is 5.82 Å². The minimum atomic E-state index is -0.533. The van der Waals surface area contributed by atoms with Gasteiger partial charge in [0.25, 0.3) is 0 Å². The quantitative estimate of drug-likeness (QED) is 0.588. The van der Waals surface area contributed by atoms with Crippen molar-refractivity contribution >= 4 is 5.91 Å². The molecule has 3 aromatic rings. The average molecular weight is 455 g/mol. The highest BCUT2D eigenvalue weighted by Gasteiger charge is 2.25. The van der Waals surface area contributed by atoms with Crippen LogP contribution in [0.5, 0.6) is 5.88 Å². The Labute approximate surface area is 191 Å². The van der Waals surface area contributed by atoms with Gasteiger partial charge in [0.2, 0.25) is 11.8 Å². The highest BCUT2D eigenvalue weighted by atomic mass is 19.1. The Kier molecular flexibility index (Phi) is 5.84. The third-order valence-electron chi connectivity index (χ3n) is 6.38. The van der Waals surface area contributed by atoms with Crippen LogP contribution in [0, 0.1) is 11.7 Å². The summed E-state index contributed by atoms with van der Waals surface area (Å²) >= 11 is 0. The van der Waals surface area contributed by atoms with Crippen LogP contribution in [0.3, 0.4) is 0 Å². The Morgan fingerprint density at radius 3 is 2.88 bits per heavy atom. The number of nitrogens with zero attached hydrogens (tertiary/aromatic N) is 6. The number of hydrogen-bond donors (Lipinski definition) is 0. The fourth-order valence-corrected chi connectivity index (χ4v) is 4.67. The van der Waals surface area contributed by atoms with Gasteiger partial charge in [-0.05, 0) is 18.8 Å². The third kappa shape index (κ3) is 4.22. The zero-order valence-electron chi connectivity index (χ0n) is 18.8. The number of rotatable bonds is 5. The summed E-state index contributed by atoms with van der Waals surface area (Å²) in [6, 6.07) is 1.39.